The normalized spacial score (nSPS) is 22.3. The monoisotopic (exact) mass is 512 g/mol. The molecule has 0 fully saturated rings. The van der Waals surface area contributed by atoms with Gasteiger partial charge in [-0.25, -0.2) is 4.39 Å². The number of fused-ring (bicyclic) bond motifs is 6. The van der Waals surface area contributed by atoms with Crippen LogP contribution in [0.5, 0.6) is 0 Å². The molecule has 0 bridgehead atoms. The third-order valence-corrected chi connectivity index (χ3v) is 9.39. The van der Waals surface area contributed by atoms with Crippen LogP contribution in [0.3, 0.4) is 0 Å². The van der Waals surface area contributed by atoms with Crippen LogP contribution in [0, 0.1) is 12.7 Å². The third-order valence-electron chi connectivity index (χ3n) is 9.39. The summed E-state index contributed by atoms with van der Waals surface area (Å²) in [6.07, 6.45) is 9.59. The van der Waals surface area contributed by atoms with Crippen molar-refractivity contribution in [2.24, 2.45) is 0 Å². The van der Waals surface area contributed by atoms with Crippen LogP contribution in [0.4, 0.5) is 4.39 Å². The molecule has 1 aromatic heterocycles. The van der Waals surface area contributed by atoms with Crippen LogP contribution < -0.4 is 4.57 Å². The molecule has 8 rings (SSSR count). The maximum Gasteiger partial charge on any atom is 0.218 e. The predicted molar refractivity (Wildman–Crippen MR) is 153 cm³/mol. The van der Waals surface area contributed by atoms with Crippen LogP contribution >= 0.6 is 0 Å². The second kappa shape index (κ2) is 8.41. The molecule has 0 amide bonds. The summed E-state index contributed by atoms with van der Waals surface area (Å²) in [6, 6.07) is 25.2. The van der Waals surface area contributed by atoms with Crippen molar-refractivity contribution in [3.05, 3.63) is 132 Å². The van der Waals surface area contributed by atoms with Gasteiger partial charge in [-0.05, 0) is 67.2 Å². The van der Waals surface area contributed by atoms with Crippen molar-refractivity contribution in [2.75, 3.05) is 6.54 Å². The second-order valence-electron chi connectivity index (χ2n) is 11.4. The Morgan fingerprint density at radius 3 is 2.64 bits per heavy atom. The molecule has 4 aliphatic rings. The van der Waals surface area contributed by atoms with Crippen LogP contribution in [0.1, 0.15) is 46.3 Å². The molecule has 0 spiro atoms. The first-order valence-corrected chi connectivity index (χ1v) is 14.0. The fourth-order valence-corrected chi connectivity index (χ4v) is 7.60. The van der Waals surface area contributed by atoms with Crippen molar-refractivity contribution in [1.29, 1.82) is 0 Å². The van der Waals surface area contributed by atoms with E-state index in [-0.39, 0.29) is 23.9 Å². The number of aromatic nitrogens is 1. The van der Waals surface area contributed by atoms with Crippen molar-refractivity contribution in [2.45, 2.75) is 44.3 Å². The van der Waals surface area contributed by atoms with Gasteiger partial charge in [-0.3, -0.25) is 0 Å². The highest BCUT2D eigenvalue weighted by atomic mass is 19.1. The molecule has 192 valence electrons. The molecule has 3 nitrogen and oxygen atoms in total. The molecule has 0 radical (unpaired) electrons. The van der Waals surface area contributed by atoms with E-state index in [4.69, 9.17) is 6.58 Å². The third kappa shape index (κ3) is 3.24. The zero-order valence-corrected chi connectivity index (χ0v) is 22.1. The van der Waals surface area contributed by atoms with Crippen LogP contribution in [0.2, 0.25) is 0 Å². The largest absolute Gasteiger partial charge is 0.352 e. The van der Waals surface area contributed by atoms with Gasteiger partial charge < -0.3 is 9.80 Å². The Hall–Kier alpha value is -4.18. The Morgan fingerprint density at radius 2 is 1.77 bits per heavy atom. The minimum Gasteiger partial charge on any atom is -0.352 e. The van der Waals surface area contributed by atoms with Gasteiger partial charge in [0.15, 0.2) is 6.20 Å². The lowest BCUT2D eigenvalue weighted by Gasteiger charge is -2.48. The van der Waals surface area contributed by atoms with Crippen LogP contribution in [0.15, 0.2) is 98.0 Å². The summed E-state index contributed by atoms with van der Waals surface area (Å²) in [6.45, 7) is 8.00. The maximum atomic E-state index is 15.6. The molecule has 5 heterocycles. The summed E-state index contributed by atoms with van der Waals surface area (Å²) in [7, 11) is 0. The van der Waals surface area contributed by atoms with Crippen LogP contribution in [-0.2, 0) is 12.8 Å². The number of aryl methyl sites for hydroxylation is 1. The average molecular weight is 513 g/mol. The Kier molecular flexibility index (Phi) is 4.91. The number of pyridine rings is 1. The fourth-order valence-electron chi connectivity index (χ4n) is 7.60. The van der Waals surface area contributed by atoms with Gasteiger partial charge in [0.1, 0.15) is 18.0 Å². The fraction of sp³-hybridized carbons (Fsp3) is 0.229. The molecule has 4 aliphatic heterocycles. The van der Waals surface area contributed by atoms with Crippen LogP contribution in [0.25, 0.3) is 28.1 Å². The van der Waals surface area contributed by atoms with E-state index in [2.05, 4.69) is 101 Å². The van der Waals surface area contributed by atoms with Gasteiger partial charge in [0.25, 0.3) is 0 Å². The first kappa shape index (κ1) is 22.8. The lowest BCUT2D eigenvalue weighted by Crippen LogP contribution is -2.53. The number of hydrogen-bond donors (Lipinski definition) is 0. The van der Waals surface area contributed by atoms with Gasteiger partial charge in [0.2, 0.25) is 11.4 Å². The van der Waals surface area contributed by atoms with Crippen molar-refractivity contribution in [3.8, 4) is 22.4 Å². The molecule has 4 heteroatoms. The predicted octanol–water partition coefficient (Wildman–Crippen LogP) is 6.98. The molecule has 39 heavy (non-hydrogen) atoms. The molecular formula is C35H31FN3+. The highest BCUT2D eigenvalue weighted by molar-refractivity contribution is 5.71. The lowest BCUT2D eigenvalue weighted by atomic mass is 9.75. The molecule has 3 aromatic carbocycles. The van der Waals surface area contributed by atoms with Gasteiger partial charge in [-0.2, -0.15) is 4.57 Å². The van der Waals surface area contributed by atoms with E-state index < -0.39 is 0 Å². The topological polar surface area (TPSA) is 10.4 Å². The highest BCUT2D eigenvalue weighted by Gasteiger charge is 2.50. The van der Waals surface area contributed by atoms with E-state index in [9.17, 15) is 0 Å². The van der Waals surface area contributed by atoms with Gasteiger partial charge in [0, 0.05) is 47.6 Å². The molecule has 0 N–H and O–H groups in total. The quantitative estimate of drug-likeness (QED) is 0.255. The summed E-state index contributed by atoms with van der Waals surface area (Å²) in [4.78, 5) is 5.01. The number of benzene rings is 3. The zero-order chi connectivity index (χ0) is 26.2. The molecule has 0 aliphatic carbocycles. The van der Waals surface area contributed by atoms with Gasteiger partial charge in [-0.1, -0.05) is 54.6 Å². The van der Waals surface area contributed by atoms with E-state index in [1.165, 1.54) is 33.4 Å². The summed E-state index contributed by atoms with van der Waals surface area (Å²) in [5.74, 6) is 0.0858. The van der Waals surface area contributed by atoms with Crippen molar-refractivity contribution < 1.29 is 8.96 Å². The minimum absolute atomic E-state index is 0.0598. The van der Waals surface area contributed by atoms with E-state index in [0.29, 0.717) is 6.42 Å². The van der Waals surface area contributed by atoms with Gasteiger partial charge >= 0.3 is 0 Å². The molecular weight excluding hydrogens is 481 g/mol. The van der Waals surface area contributed by atoms with Crippen molar-refractivity contribution in [3.63, 3.8) is 0 Å². The van der Waals surface area contributed by atoms with E-state index in [1.807, 2.05) is 6.07 Å². The Morgan fingerprint density at radius 1 is 0.923 bits per heavy atom. The zero-order valence-electron chi connectivity index (χ0n) is 22.1. The smallest absolute Gasteiger partial charge is 0.218 e. The lowest BCUT2D eigenvalue weighted by molar-refractivity contribution is -0.573. The summed E-state index contributed by atoms with van der Waals surface area (Å²) >= 11 is 0. The minimum atomic E-state index is -0.121. The van der Waals surface area contributed by atoms with Crippen molar-refractivity contribution in [1.82, 2.24) is 9.80 Å². The number of halogens is 1. The maximum absolute atomic E-state index is 15.6. The van der Waals surface area contributed by atoms with Gasteiger partial charge in [0.05, 0.1) is 5.56 Å². The summed E-state index contributed by atoms with van der Waals surface area (Å²) < 4.78 is 17.8. The standard InChI is InChI=1S/C35H31FN3/c1-22-20-32-27-11-7-13-31(36)26(27)14-15-29-28-12-6-10-25-16-17-37-18-19-38(35(37)33(25)28)34(29)23(2)39(32)21-30(22)24-8-4-3-5-9-24/h3-13,18-21,29,34-35H,2,14-17H2,1H3/q+1. The highest BCUT2D eigenvalue weighted by Crippen LogP contribution is 2.51. The second-order valence-corrected chi connectivity index (χ2v) is 11.4. The van der Waals surface area contributed by atoms with Crippen LogP contribution in [-0.4, -0.2) is 22.4 Å². The SMILES string of the molecule is C=C1C2C(CCc3c(F)cccc3-c3cc(C)c(-c4ccccc4)c[n+]31)c1cccc3c1C1N(C=CN21)CC3. The first-order valence-electron chi connectivity index (χ1n) is 14.0. The Labute approximate surface area is 229 Å². The van der Waals surface area contributed by atoms with E-state index in [0.717, 1.165) is 41.9 Å². The van der Waals surface area contributed by atoms with E-state index >= 15 is 4.39 Å². The summed E-state index contributed by atoms with van der Waals surface area (Å²) in [5.41, 5.74) is 11.6. The van der Waals surface area contributed by atoms with E-state index in [1.54, 1.807) is 6.07 Å². The number of rotatable bonds is 1. The van der Waals surface area contributed by atoms with Gasteiger partial charge in [-0.15, -0.1) is 0 Å². The Bertz CT molecular complexity index is 1690. The molecule has 4 aromatic rings. The number of hydrogen-bond acceptors (Lipinski definition) is 2. The average Bonchev–Trinajstić information content (AvgIpc) is 3.41. The first-order chi connectivity index (χ1) is 19.1. The molecule has 0 saturated carbocycles. The number of nitrogens with zero attached hydrogens (tertiary/aromatic N) is 3. The molecule has 0 saturated heterocycles. The Balaban J connectivity index is 1.40. The molecule has 3 unspecified atom stereocenters. The summed E-state index contributed by atoms with van der Waals surface area (Å²) in [5, 5.41) is 0. The molecule has 3 atom stereocenters. The van der Waals surface area contributed by atoms with Crippen molar-refractivity contribution >= 4 is 5.70 Å².